The summed E-state index contributed by atoms with van der Waals surface area (Å²) in [6.07, 6.45) is -0.0337. The fourth-order valence-electron chi connectivity index (χ4n) is 5.71. The minimum absolute atomic E-state index is 0.0778. The number of aliphatic hydroxyl groups is 1. The van der Waals surface area contributed by atoms with E-state index in [0.717, 1.165) is 0 Å². The number of ether oxygens (including phenoxy) is 2. The van der Waals surface area contributed by atoms with Crippen molar-refractivity contribution in [3.8, 4) is 11.7 Å². The van der Waals surface area contributed by atoms with Gasteiger partial charge in [0.05, 0.1) is 30.4 Å². The van der Waals surface area contributed by atoms with Crippen LogP contribution in [0.25, 0.3) is 16.9 Å². The van der Waals surface area contributed by atoms with Crippen LogP contribution in [0.15, 0.2) is 30.3 Å². The molecule has 0 bridgehead atoms. The van der Waals surface area contributed by atoms with Crippen LogP contribution in [0.5, 0.6) is 5.88 Å². The lowest BCUT2D eigenvalue weighted by Gasteiger charge is -2.31. The van der Waals surface area contributed by atoms with Crippen molar-refractivity contribution in [3.63, 3.8) is 0 Å². The van der Waals surface area contributed by atoms with Crippen molar-refractivity contribution in [2.24, 2.45) is 5.92 Å². The first kappa shape index (κ1) is 25.9. The molecule has 2 aliphatic heterocycles. The summed E-state index contributed by atoms with van der Waals surface area (Å²) in [7, 11) is 0. The molecule has 10 nitrogen and oxygen atoms in total. The van der Waals surface area contributed by atoms with E-state index in [4.69, 9.17) is 9.47 Å². The van der Waals surface area contributed by atoms with Crippen molar-refractivity contribution < 1.29 is 28.2 Å². The average molecular weight is 543 g/mol. The molecule has 0 spiro atoms. The van der Waals surface area contributed by atoms with Crippen LogP contribution in [0.3, 0.4) is 0 Å². The second-order valence-electron chi connectivity index (χ2n) is 10.4. The van der Waals surface area contributed by atoms with Gasteiger partial charge in [-0.15, -0.1) is 0 Å². The number of nitrogens with zero attached hydrogens (tertiary/aromatic N) is 6. The Kier molecular flexibility index (Phi) is 7.30. The summed E-state index contributed by atoms with van der Waals surface area (Å²) in [4.78, 5) is 30.1. The van der Waals surface area contributed by atoms with Crippen molar-refractivity contribution in [3.05, 3.63) is 36.2 Å². The first-order valence-electron chi connectivity index (χ1n) is 13.6. The number of para-hydroxylation sites is 2. The Hall–Kier alpha value is -3.38. The van der Waals surface area contributed by atoms with E-state index in [9.17, 15) is 18.7 Å². The van der Waals surface area contributed by atoms with Gasteiger partial charge in [0.2, 0.25) is 17.7 Å². The largest absolute Gasteiger partial charge is 0.474 e. The monoisotopic (exact) mass is 542 g/mol. The zero-order valence-electron chi connectivity index (χ0n) is 21.6. The Labute approximate surface area is 224 Å². The van der Waals surface area contributed by atoms with Gasteiger partial charge in [-0.05, 0) is 44.2 Å². The third-order valence-electron chi connectivity index (χ3n) is 7.77. The molecular weight excluding hydrogens is 510 g/mol. The molecule has 4 heterocycles. The molecule has 208 valence electrons. The molecular formula is C27H32F2N6O4. The highest BCUT2D eigenvalue weighted by molar-refractivity contribution is 5.79. The lowest BCUT2D eigenvalue weighted by Crippen LogP contribution is -2.38. The van der Waals surface area contributed by atoms with E-state index in [-0.39, 0.29) is 29.6 Å². The van der Waals surface area contributed by atoms with Crippen LogP contribution in [-0.2, 0) is 9.53 Å². The number of hydrogen-bond donors (Lipinski definition) is 1. The number of halogens is 2. The van der Waals surface area contributed by atoms with Crippen LogP contribution in [0.1, 0.15) is 44.4 Å². The van der Waals surface area contributed by atoms with Crippen molar-refractivity contribution in [1.82, 2.24) is 24.4 Å². The fourth-order valence-corrected chi connectivity index (χ4v) is 5.71. The summed E-state index contributed by atoms with van der Waals surface area (Å²) < 4.78 is 41.3. The first-order chi connectivity index (χ1) is 19.0. The Morgan fingerprint density at radius 2 is 1.79 bits per heavy atom. The van der Waals surface area contributed by atoms with Crippen LogP contribution in [0.4, 0.5) is 14.7 Å². The number of β-amino-alcohol motifs (C(OH)–C–C–N with tert-alkyl or cyclic N) is 1. The summed E-state index contributed by atoms with van der Waals surface area (Å²) in [6.45, 7) is 3.21. The quantitative estimate of drug-likeness (QED) is 0.507. The molecule has 3 fully saturated rings. The molecule has 39 heavy (non-hydrogen) atoms. The first-order valence-corrected chi connectivity index (χ1v) is 13.6. The number of aliphatic hydroxyl groups excluding tert-OH is 1. The molecule has 0 unspecified atom stereocenters. The minimum atomic E-state index is -2.80. The van der Waals surface area contributed by atoms with E-state index in [1.807, 2.05) is 4.90 Å². The van der Waals surface area contributed by atoms with E-state index < -0.39 is 12.5 Å². The van der Waals surface area contributed by atoms with E-state index in [1.165, 1.54) is 4.57 Å². The predicted molar refractivity (Wildman–Crippen MR) is 138 cm³/mol. The van der Waals surface area contributed by atoms with Crippen LogP contribution in [0.2, 0.25) is 0 Å². The molecule has 1 aromatic carbocycles. The number of anilines is 1. The molecule has 1 atom stereocenters. The molecule has 3 aromatic rings. The maximum atomic E-state index is 14.1. The number of alkyl halides is 2. The van der Waals surface area contributed by atoms with Crippen molar-refractivity contribution in [1.29, 1.82) is 0 Å². The van der Waals surface area contributed by atoms with Gasteiger partial charge in [0, 0.05) is 38.2 Å². The third kappa shape index (κ3) is 5.40. The number of imidazole rings is 1. The smallest absolute Gasteiger partial charge is 0.296 e. The van der Waals surface area contributed by atoms with Gasteiger partial charge >= 0.3 is 0 Å². The maximum Gasteiger partial charge on any atom is 0.296 e. The number of fused-ring (bicyclic) bond motifs is 1. The Bertz CT molecular complexity index is 1320. The van der Waals surface area contributed by atoms with Gasteiger partial charge < -0.3 is 24.4 Å². The number of amides is 1. The number of aromatic nitrogens is 4. The summed E-state index contributed by atoms with van der Waals surface area (Å²) in [6, 6.07) is 8.56. The molecule has 1 saturated carbocycles. The summed E-state index contributed by atoms with van der Waals surface area (Å²) >= 11 is 0. The average Bonchev–Trinajstić information content (AvgIpc) is 3.57. The highest BCUT2D eigenvalue weighted by atomic mass is 19.3. The van der Waals surface area contributed by atoms with E-state index in [0.29, 0.717) is 94.4 Å². The van der Waals surface area contributed by atoms with Gasteiger partial charge in [-0.3, -0.25) is 9.36 Å². The van der Waals surface area contributed by atoms with Crippen LogP contribution < -0.4 is 9.64 Å². The Balaban J connectivity index is 1.26. The molecule has 1 amide bonds. The normalized spacial score (nSPS) is 24.1. The second kappa shape index (κ2) is 11.0. The Morgan fingerprint density at radius 1 is 1.03 bits per heavy atom. The van der Waals surface area contributed by atoms with Gasteiger partial charge in [-0.1, -0.05) is 12.1 Å². The number of carbonyl (C=O) groups is 1. The molecule has 1 N–H and O–H groups in total. The molecule has 1 aliphatic carbocycles. The van der Waals surface area contributed by atoms with Crippen LogP contribution >= 0.6 is 0 Å². The molecule has 3 aliphatic rings. The highest BCUT2D eigenvalue weighted by Gasteiger charge is 2.34. The lowest BCUT2D eigenvalue weighted by atomic mass is 9.86. The van der Waals surface area contributed by atoms with Gasteiger partial charge in [-0.2, -0.15) is 9.97 Å². The molecule has 2 saturated heterocycles. The maximum absolute atomic E-state index is 14.1. The highest BCUT2D eigenvalue weighted by Crippen LogP contribution is 2.32. The molecule has 2 aromatic heterocycles. The zero-order chi connectivity index (χ0) is 26.9. The van der Waals surface area contributed by atoms with Gasteiger partial charge in [0.1, 0.15) is 11.9 Å². The standard InChI is InChI=1S/C27H32F2N6O4/c28-24(29)25-30-20-3-1-2-4-21(20)35(25)22-15-23(32-27(31-22)33-11-13-38-14-12-33)39-19-7-5-17(6-8-19)26(37)34-10-9-18(36)16-34/h1-4,15,17-19,24,36H,5-14,16H2/t17-,18-,19-/m1/s1. The SMILES string of the molecule is O=C([C@H]1CC[C@H](Oc2cc(-n3c(C(F)F)nc4ccccc43)nc(N3CCOCC3)n2)CC1)N1CC[C@@H](O)C1. The van der Waals surface area contributed by atoms with Gasteiger partial charge in [0.15, 0.2) is 5.82 Å². The summed E-state index contributed by atoms with van der Waals surface area (Å²) in [5, 5.41) is 9.78. The second-order valence-corrected chi connectivity index (χ2v) is 10.4. The molecule has 6 rings (SSSR count). The number of hydrogen-bond acceptors (Lipinski definition) is 8. The zero-order valence-corrected chi connectivity index (χ0v) is 21.6. The lowest BCUT2D eigenvalue weighted by molar-refractivity contribution is -0.136. The summed E-state index contributed by atoms with van der Waals surface area (Å²) in [5.74, 6) is 0.598. The Morgan fingerprint density at radius 3 is 2.51 bits per heavy atom. The minimum Gasteiger partial charge on any atom is -0.474 e. The van der Waals surface area contributed by atoms with E-state index in [2.05, 4.69) is 15.0 Å². The fraction of sp³-hybridized carbons (Fsp3) is 0.556. The number of likely N-dealkylation sites (tertiary alicyclic amines) is 1. The topological polar surface area (TPSA) is 106 Å². The van der Waals surface area contributed by atoms with Crippen LogP contribution in [0, 0.1) is 5.92 Å². The van der Waals surface area contributed by atoms with Crippen molar-refractivity contribution in [2.75, 3.05) is 44.3 Å². The molecule has 12 heteroatoms. The third-order valence-corrected chi connectivity index (χ3v) is 7.77. The van der Waals surface area contributed by atoms with E-state index >= 15 is 0 Å². The summed E-state index contributed by atoms with van der Waals surface area (Å²) in [5.41, 5.74) is 0.978. The number of benzene rings is 1. The number of morpholine rings is 1. The number of rotatable bonds is 6. The number of carbonyl (C=O) groups excluding carboxylic acids is 1. The van der Waals surface area contributed by atoms with Crippen molar-refractivity contribution >= 4 is 22.9 Å². The van der Waals surface area contributed by atoms with E-state index in [1.54, 1.807) is 35.2 Å². The van der Waals surface area contributed by atoms with Crippen molar-refractivity contribution in [2.45, 2.75) is 50.7 Å². The van der Waals surface area contributed by atoms with Gasteiger partial charge in [-0.25, -0.2) is 13.8 Å². The molecule has 0 radical (unpaired) electrons. The predicted octanol–water partition coefficient (Wildman–Crippen LogP) is 3.12. The van der Waals surface area contributed by atoms with Crippen LogP contribution in [-0.4, -0.2) is 87.0 Å². The van der Waals surface area contributed by atoms with Gasteiger partial charge in [0.25, 0.3) is 6.43 Å².